The van der Waals surface area contributed by atoms with Gasteiger partial charge in [-0.1, -0.05) is 20.8 Å². The van der Waals surface area contributed by atoms with Crippen LogP contribution in [0.2, 0.25) is 0 Å². The zero-order valence-electron chi connectivity index (χ0n) is 11.8. The van der Waals surface area contributed by atoms with Gasteiger partial charge in [0.2, 0.25) is 0 Å². The molecule has 0 atom stereocenters. The number of rotatable bonds is 3. The molecule has 0 fully saturated rings. The molecule has 102 valence electrons. The molecular weight excluding hydrogens is 240 g/mol. The minimum atomic E-state index is -0.124. The molecule has 0 aliphatic carbocycles. The fraction of sp³-hybridized carbons (Fsp3) is 0.429. The molecule has 2 heterocycles. The van der Waals surface area contributed by atoms with Crippen molar-refractivity contribution in [2.75, 3.05) is 17.7 Å². The fourth-order valence-electron chi connectivity index (χ4n) is 1.72. The predicted octanol–water partition coefficient (Wildman–Crippen LogP) is 2.59. The third kappa shape index (κ3) is 3.24. The Labute approximate surface area is 113 Å². The summed E-state index contributed by atoms with van der Waals surface area (Å²) in [6.45, 7) is 6.93. The maximum atomic E-state index is 5.87. The van der Waals surface area contributed by atoms with Gasteiger partial charge in [0.15, 0.2) is 0 Å². The first-order valence-corrected chi connectivity index (χ1v) is 6.23. The molecule has 0 bridgehead atoms. The summed E-state index contributed by atoms with van der Waals surface area (Å²) in [6, 6.07) is 3.72. The second kappa shape index (κ2) is 4.91. The SMILES string of the molecule is CN(Cc1ccoc1)c1cc(N)nc(C(C)(C)C)n1. The van der Waals surface area contributed by atoms with Gasteiger partial charge < -0.3 is 15.1 Å². The lowest BCUT2D eigenvalue weighted by molar-refractivity contribution is 0.545. The number of anilines is 2. The van der Waals surface area contributed by atoms with Crippen molar-refractivity contribution < 1.29 is 4.42 Å². The summed E-state index contributed by atoms with van der Waals surface area (Å²) < 4.78 is 5.07. The average Bonchev–Trinajstić information content (AvgIpc) is 2.79. The predicted molar refractivity (Wildman–Crippen MR) is 76.0 cm³/mol. The highest BCUT2D eigenvalue weighted by molar-refractivity contribution is 5.47. The van der Waals surface area contributed by atoms with E-state index in [0.29, 0.717) is 5.82 Å². The summed E-state index contributed by atoms with van der Waals surface area (Å²) >= 11 is 0. The van der Waals surface area contributed by atoms with Gasteiger partial charge in [-0.15, -0.1) is 0 Å². The van der Waals surface area contributed by atoms with Gasteiger partial charge in [-0.2, -0.15) is 0 Å². The van der Waals surface area contributed by atoms with Crippen LogP contribution < -0.4 is 10.6 Å². The molecule has 0 spiro atoms. The minimum Gasteiger partial charge on any atom is -0.472 e. The van der Waals surface area contributed by atoms with Gasteiger partial charge in [0.25, 0.3) is 0 Å². The molecule has 2 aromatic heterocycles. The molecule has 0 unspecified atom stereocenters. The van der Waals surface area contributed by atoms with Crippen LogP contribution in [0.15, 0.2) is 29.1 Å². The van der Waals surface area contributed by atoms with Crippen molar-refractivity contribution >= 4 is 11.6 Å². The Balaban J connectivity index is 2.26. The normalized spacial score (nSPS) is 11.6. The van der Waals surface area contributed by atoms with Crippen LogP contribution in [0.4, 0.5) is 11.6 Å². The molecule has 0 radical (unpaired) electrons. The van der Waals surface area contributed by atoms with Crippen LogP contribution in [0.25, 0.3) is 0 Å². The van der Waals surface area contributed by atoms with E-state index in [0.717, 1.165) is 23.8 Å². The smallest absolute Gasteiger partial charge is 0.138 e. The Bertz CT molecular complexity index is 543. The molecule has 5 nitrogen and oxygen atoms in total. The third-order valence-electron chi connectivity index (χ3n) is 2.79. The molecule has 0 aliphatic heterocycles. The molecule has 19 heavy (non-hydrogen) atoms. The van der Waals surface area contributed by atoms with Gasteiger partial charge in [0.1, 0.15) is 17.5 Å². The van der Waals surface area contributed by atoms with Gasteiger partial charge in [-0.25, -0.2) is 9.97 Å². The van der Waals surface area contributed by atoms with Gasteiger partial charge in [0.05, 0.1) is 12.5 Å². The Hall–Kier alpha value is -2.04. The molecule has 0 aliphatic rings. The average molecular weight is 260 g/mol. The van der Waals surface area contributed by atoms with Gasteiger partial charge in [-0.05, 0) is 6.07 Å². The Kier molecular flexibility index (Phi) is 3.46. The largest absolute Gasteiger partial charge is 0.472 e. The summed E-state index contributed by atoms with van der Waals surface area (Å²) in [5.41, 5.74) is 6.84. The van der Waals surface area contributed by atoms with E-state index in [-0.39, 0.29) is 5.41 Å². The summed E-state index contributed by atoms with van der Waals surface area (Å²) in [4.78, 5) is 10.9. The number of hydrogen-bond donors (Lipinski definition) is 1. The first kappa shape index (κ1) is 13.4. The molecule has 0 saturated carbocycles. The number of furan rings is 1. The van der Waals surface area contributed by atoms with E-state index in [4.69, 9.17) is 10.2 Å². The van der Waals surface area contributed by atoms with E-state index in [1.165, 1.54) is 0 Å². The maximum absolute atomic E-state index is 5.87. The first-order valence-electron chi connectivity index (χ1n) is 6.23. The Morgan fingerprint density at radius 2 is 2.05 bits per heavy atom. The van der Waals surface area contributed by atoms with E-state index in [2.05, 4.69) is 30.7 Å². The lowest BCUT2D eigenvalue weighted by atomic mass is 9.96. The minimum absolute atomic E-state index is 0.124. The second-order valence-electron chi connectivity index (χ2n) is 5.71. The van der Waals surface area contributed by atoms with Crippen molar-refractivity contribution in [1.29, 1.82) is 0 Å². The maximum Gasteiger partial charge on any atom is 0.138 e. The van der Waals surface area contributed by atoms with E-state index in [9.17, 15) is 0 Å². The topological polar surface area (TPSA) is 68.2 Å². The van der Waals surface area contributed by atoms with Crippen molar-refractivity contribution in [3.05, 3.63) is 36.0 Å². The van der Waals surface area contributed by atoms with Gasteiger partial charge in [0, 0.05) is 30.6 Å². The van der Waals surface area contributed by atoms with E-state index < -0.39 is 0 Å². The number of hydrogen-bond acceptors (Lipinski definition) is 5. The molecule has 0 amide bonds. The van der Waals surface area contributed by atoms with Gasteiger partial charge in [-0.3, -0.25) is 0 Å². The molecule has 0 aromatic carbocycles. The number of nitrogens with two attached hydrogens (primary N) is 1. The summed E-state index contributed by atoms with van der Waals surface area (Å²) in [5, 5.41) is 0. The number of aromatic nitrogens is 2. The lowest BCUT2D eigenvalue weighted by Gasteiger charge is -2.22. The van der Waals surface area contributed by atoms with E-state index in [1.54, 1.807) is 18.6 Å². The summed E-state index contributed by atoms with van der Waals surface area (Å²) in [7, 11) is 1.97. The van der Waals surface area contributed by atoms with Crippen molar-refractivity contribution in [2.24, 2.45) is 0 Å². The van der Waals surface area contributed by atoms with E-state index in [1.807, 2.05) is 18.0 Å². The number of nitrogens with zero attached hydrogens (tertiary/aromatic N) is 3. The van der Waals surface area contributed by atoms with Crippen molar-refractivity contribution in [3.63, 3.8) is 0 Å². The molecule has 2 N–H and O–H groups in total. The van der Waals surface area contributed by atoms with Crippen LogP contribution in [0.3, 0.4) is 0 Å². The van der Waals surface area contributed by atoms with Crippen LogP contribution in [0.1, 0.15) is 32.2 Å². The van der Waals surface area contributed by atoms with E-state index >= 15 is 0 Å². The summed E-state index contributed by atoms with van der Waals surface area (Å²) in [6.07, 6.45) is 3.39. The molecule has 2 rings (SSSR count). The highest BCUT2D eigenvalue weighted by atomic mass is 16.3. The molecular formula is C14H20N4O. The van der Waals surface area contributed by atoms with Crippen molar-refractivity contribution in [1.82, 2.24) is 9.97 Å². The van der Waals surface area contributed by atoms with Crippen LogP contribution in [0, 0.1) is 0 Å². The monoisotopic (exact) mass is 260 g/mol. The zero-order chi connectivity index (χ0) is 14.0. The van der Waals surface area contributed by atoms with Crippen LogP contribution in [0.5, 0.6) is 0 Å². The van der Waals surface area contributed by atoms with Crippen LogP contribution in [-0.2, 0) is 12.0 Å². The van der Waals surface area contributed by atoms with Crippen LogP contribution in [-0.4, -0.2) is 17.0 Å². The second-order valence-corrected chi connectivity index (χ2v) is 5.71. The molecule has 0 saturated heterocycles. The van der Waals surface area contributed by atoms with Crippen molar-refractivity contribution in [2.45, 2.75) is 32.7 Å². The zero-order valence-corrected chi connectivity index (χ0v) is 11.8. The quantitative estimate of drug-likeness (QED) is 0.918. The van der Waals surface area contributed by atoms with Gasteiger partial charge >= 0.3 is 0 Å². The standard InChI is InChI=1S/C14H20N4O/c1-14(2,3)13-16-11(15)7-12(17-13)18(4)8-10-5-6-19-9-10/h5-7,9H,8H2,1-4H3,(H2,15,16,17). The fourth-order valence-corrected chi connectivity index (χ4v) is 1.72. The highest BCUT2D eigenvalue weighted by Crippen LogP contribution is 2.23. The lowest BCUT2D eigenvalue weighted by Crippen LogP contribution is -2.22. The molecule has 5 heteroatoms. The summed E-state index contributed by atoms with van der Waals surface area (Å²) in [5.74, 6) is 2.06. The van der Waals surface area contributed by atoms with Crippen molar-refractivity contribution in [3.8, 4) is 0 Å². The molecule has 2 aromatic rings. The third-order valence-corrected chi connectivity index (χ3v) is 2.79. The Morgan fingerprint density at radius 1 is 1.32 bits per heavy atom. The Morgan fingerprint density at radius 3 is 2.63 bits per heavy atom. The van der Waals surface area contributed by atoms with Crippen LogP contribution >= 0.6 is 0 Å². The number of nitrogen functional groups attached to an aromatic ring is 1. The first-order chi connectivity index (χ1) is 8.86. The highest BCUT2D eigenvalue weighted by Gasteiger charge is 2.19.